The Morgan fingerprint density at radius 3 is 2.81 bits per heavy atom. The van der Waals surface area contributed by atoms with Gasteiger partial charge in [0.2, 0.25) is 5.91 Å². The van der Waals surface area contributed by atoms with Crippen molar-refractivity contribution in [2.75, 3.05) is 18.0 Å². The Kier molecular flexibility index (Phi) is 5.71. The molecule has 5 nitrogen and oxygen atoms in total. The number of anilines is 1. The minimum absolute atomic E-state index is 0.0164. The van der Waals surface area contributed by atoms with Gasteiger partial charge in [0.1, 0.15) is 12.2 Å². The number of unbranched alkanes of at least 4 members (excludes halogenated alkanes) is 1. The predicted octanol–water partition coefficient (Wildman–Crippen LogP) is 3.81. The van der Waals surface area contributed by atoms with E-state index in [0.29, 0.717) is 12.2 Å². The standard InChI is InChI=1S/C20H25N3O2S/c1-4-5-8-17-11-22(16-9-6-7-14(2)10-16)19(24)12-23(17)20(25)18-13-26-15(3)21-18/h6-7,9-10,13,17H,4-5,8,11-12H2,1-3H3/t17-/m0/s1. The average Bonchev–Trinajstić information content (AvgIpc) is 3.06. The zero-order valence-corrected chi connectivity index (χ0v) is 16.4. The molecule has 3 rings (SSSR count). The van der Waals surface area contributed by atoms with Crippen LogP contribution in [0.1, 0.15) is 47.2 Å². The first-order chi connectivity index (χ1) is 12.5. The third-order valence-corrected chi connectivity index (χ3v) is 5.52. The van der Waals surface area contributed by atoms with E-state index in [1.54, 1.807) is 10.3 Å². The van der Waals surface area contributed by atoms with Gasteiger partial charge in [-0.3, -0.25) is 9.59 Å². The molecule has 1 aromatic carbocycles. The zero-order valence-electron chi connectivity index (χ0n) is 15.6. The van der Waals surface area contributed by atoms with Gasteiger partial charge >= 0.3 is 0 Å². The first kappa shape index (κ1) is 18.6. The molecule has 2 amide bonds. The number of hydrogen-bond acceptors (Lipinski definition) is 4. The molecular formula is C20H25N3O2S. The summed E-state index contributed by atoms with van der Waals surface area (Å²) in [6.45, 7) is 6.70. The monoisotopic (exact) mass is 371 g/mol. The average molecular weight is 372 g/mol. The molecule has 0 saturated carbocycles. The molecule has 1 atom stereocenters. The number of aromatic nitrogens is 1. The van der Waals surface area contributed by atoms with E-state index >= 15 is 0 Å². The van der Waals surface area contributed by atoms with Crippen molar-refractivity contribution in [3.8, 4) is 0 Å². The van der Waals surface area contributed by atoms with Crippen LogP contribution in [0.25, 0.3) is 0 Å². The molecule has 1 aliphatic rings. The summed E-state index contributed by atoms with van der Waals surface area (Å²) in [7, 11) is 0. The molecule has 6 heteroatoms. The van der Waals surface area contributed by atoms with Crippen molar-refractivity contribution in [3.05, 3.63) is 45.9 Å². The number of aryl methyl sites for hydroxylation is 2. The van der Waals surface area contributed by atoms with Crippen molar-refractivity contribution >= 4 is 28.8 Å². The lowest BCUT2D eigenvalue weighted by molar-refractivity contribution is -0.121. The lowest BCUT2D eigenvalue weighted by atomic mass is 10.0. The fourth-order valence-corrected chi connectivity index (χ4v) is 3.94. The molecule has 0 bridgehead atoms. The van der Waals surface area contributed by atoms with Gasteiger partial charge in [-0.1, -0.05) is 31.9 Å². The number of benzene rings is 1. The summed E-state index contributed by atoms with van der Waals surface area (Å²) in [5, 5.41) is 2.65. The Hall–Kier alpha value is -2.21. The summed E-state index contributed by atoms with van der Waals surface area (Å²) in [6.07, 6.45) is 2.98. The number of nitrogens with zero attached hydrogens (tertiary/aromatic N) is 3. The van der Waals surface area contributed by atoms with Crippen LogP contribution in [0, 0.1) is 13.8 Å². The van der Waals surface area contributed by atoms with Crippen molar-refractivity contribution in [3.63, 3.8) is 0 Å². The van der Waals surface area contributed by atoms with Gasteiger partial charge in [-0.15, -0.1) is 11.3 Å². The van der Waals surface area contributed by atoms with Gasteiger partial charge in [0, 0.05) is 17.6 Å². The molecule has 0 N–H and O–H groups in total. The van der Waals surface area contributed by atoms with Crippen LogP contribution in [-0.4, -0.2) is 40.8 Å². The van der Waals surface area contributed by atoms with Crippen LogP contribution in [0.5, 0.6) is 0 Å². The summed E-state index contributed by atoms with van der Waals surface area (Å²) in [6, 6.07) is 7.99. The molecule has 138 valence electrons. The Balaban J connectivity index is 1.85. The third-order valence-electron chi connectivity index (χ3n) is 4.74. The molecule has 1 aromatic heterocycles. The highest BCUT2D eigenvalue weighted by Crippen LogP contribution is 2.25. The molecule has 1 saturated heterocycles. The quantitative estimate of drug-likeness (QED) is 0.803. The van der Waals surface area contributed by atoms with Crippen molar-refractivity contribution in [1.29, 1.82) is 0 Å². The van der Waals surface area contributed by atoms with E-state index in [9.17, 15) is 9.59 Å². The maximum atomic E-state index is 12.9. The van der Waals surface area contributed by atoms with Crippen LogP contribution >= 0.6 is 11.3 Å². The molecular weight excluding hydrogens is 346 g/mol. The SMILES string of the molecule is CCCC[C@H]1CN(c2cccc(C)c2)C(=O)CN1C(=O)c1csc(C)n1. The molecule has 2 heterocycles. The summed E-state index contributed by atoms with van der Waals surface area (Å²) in [5.74, 6) is -0.170. The number of carbonyl (C=O) groups excluding carboxylic acids is 2. The first-order valence-electron chi connectivity index (χ1n) is 9.09. The number of hydrogen-bond donors (Lipinski definition) is 0. The Morgan fingerprint density at radius 2 is 2.15 bits per heavy atom. The Bertz CT molecular complexity index is 802. The molecule has 0 aliphatic carbocycles. The number of piperazine rings is 1. The van der Waals surface area contributed by atoms with Gasteiger partial charge < -0.3 is 9.80 Å². The van der Waals surface area contributed by atoms with E-state index in [0.717, 1.165) is 35.5 Å². The summed E-state index contributed by atoms with van der Waals surface area (Å²) in [5.41, 5.74) is 2.48. The summed E-state index contributed by atoms with van der Waals surface area (Å²) in [4.78, 5) is 33.6. The molecule has 1 fully saturated rings. The smallest absolute Gasteiger partial charge is 0.274 e. The fraction of sp³-hybridized carbons (Fsp3) is 0.450. The second kappa shape index (κ2) is 7.99. The fourth-order valence-electron chi connectivity index (χ4n) is 3.35. The lowest BCUT2D eigenvalue weighted by Crippen LogP contribution is -2.58. The summed E-state index contributed by atoms with van der Waals surface area (Å²) < 4.78 is 0. The number of amides is 2. The van der Waals surface area contributed by atoms with E-state index in [4.69, 9.17) is 0 Å². The van der Waals surface area contributed by atoms with Gasteiger partial charge in [-0.25, -0.2) is 4.98 Å². The van der Waals surface area contributed by atoms with E-state index in [2.05, 4.69) is 11.9 Å². The van der Waals surface area contributed by atoms with Gasteiger partial charge in [0.05, 0.1) is 11.0 Å². The van der Waals surface area contributed by atoms with Crippen LogP contribution in [0.2, 0.25) is 0 Å². The Morgan fingerprint density at radius 1 is 1.35 bits per heavy atom. The molecule has 26 heavy (non-hydrogen) atoms. The van der Waals surface area contributed by atoms with E-state index < -0.39 is 0 Å². The minimum atomic E-state index is -0.132. The second-order valence-electron chi connectivity index (χ2n) is 6.82. The zero-order chi connectivity index (χ0) is 18.7. The van der Waals surface area contributed by atoms with E-state index in [1.807, 2.05) is 43.0 Å². The van der Waals surface area contributed by atoms with Crippen LogP contribution in [0.15, 0.2) is 29.6 Å². The van der Waals surface area contributed by atoms with Gasteiger partial charge in [-0.2, -0.15) is 0 Å². The maximum absolute atomic E-state index is 12.9. The molecule has 0 spiro atoms. The highest BCUT2D eigenvalue weighted by Gasteiger charge is 2.36. The van der Waals surface area contributed by atoms with Crippen molar-refractivity contribution < 1.29 is 9.59 Å². The number of carbonyl (C=O) groups is 2. The van der Waals surface area contributed by atoms with Crippen molar-refractivity contribution in [2.24, 2.45) is 0 Å². The third kappa shape index (κ3) is 3.96. The maximum Gasteiger partial charge on any atom is 0.274 e. The largest absolute Gasteiger partial charge is 0.323 e. The van der Waals surface area contributed by atoms with Crippen LogP contribution in [0.4, 0.5) is 5.69 Å². The van der Waals surface area contributed by atoms with Crippen molar-refractivity contribution in [1.82, 2.24) is 9.88 Å². The van der Waals surface area contributed by atoms with Gasteiger partial charge in [0.25, 0.3) is 5.91 Å². The van der Waals surface area contributed by atoms with Gasteiger partial charge in [0.15, 0.2) is 0 Å². The van der Waals surface area contributed by atoms with E-state index in [1.165, 1.54) is 11.3 Å². The highest BCUT2D eigenvalue weighted by atomic mass is 32.1. The topological polar surface area (TPSA) is 53.5 Å². The highest BCUT2D eigenvalue weighted by molar-refractivity contribution is 7.09. The summed E-state index contributed by atoms with van der Waals surface area (Å²) >= 11 is 1.46. The van der Waals surface area contributed by atoms with Crippen LogP contribution in [-0.2, 0) is 4.79 Å². The first-order valence-corrected chi connectivity index (χ1v) is 9.97. The predicted molar refractivity (Wildman–Crippen MR) is 105 cm³/mol. The number of thiazole rings is 1. The van der Waals surface area contributed by atoms with Crippen LogP contribution in [0.3, 0.4) is 0 Å². The molecule has 0 radical (unpaired) electrons. The Labute approximate surface area is 158 Å². The molecule has 0 unspecified atom stereocenters. The number of rotatable bonds is 5. The molecule has 1 aliphatic heterocycles. The second-order valence-corrected chi connectivity index (χ2v) is 7.89. The van der Waals surface area contributed by atoms with E-state index in [-0.39, 0.29) is 24.4 Å². The van der Waals surface area contributed by atoms with Crippen molar-refractivity contribution in [2.45, 2.75) is 46.1 Å². The lowest BCUT2D eigenvalue weighted by Gasteiger charge is -2.41. The molecule has 2 aromatic rings. The van der Waals surface area contributed by atoms with Crippen LogP contribution < -0.4 is 4.90 Å². The van der Waals surface area contributed by atoms with Gasteiger partial charge in [-0.05, 0) is 38.0 Å². The normalized spacial score (nSPS) is 17.7. The minimum Gasteiger partial charge on any atom is -0.323 e.